The summed E-state index contributed by atoms with van der Waals surface area (Å²) in [7, 11) is -3.23. The van der Waals surface area contributed by atoms with E-state index < -0.39 is 10.0 Å². The molecule has 0 aliphatic carbocycles. The van der Waals surface area contributed by atoms with Crippen LogP contribution in [0, 0.1) is 5.92 Å². The third kappa shape index (κ3) is 5.77. The lowest BCUT2D eigenvalue weighted by Crippen LogP contribution is -2.49. The highest BCUT2D eigenvalue weighted by molar-refractivity contribution is 7.88. The summed E-state index contributed by atoms with van der Waals surface area (Å²) in [6, 6.07) is 10.8. The molecule has 0 saturated carbocycles. The number of piperidine rings is 2. The maximum atomic E-state index is 12.6. The molecule has 1 aromatic rings. The van der Waals surface area contributed by atoms with Gasteiger partial charge in [-0.3, -0.25) is 9.69 Å². The Balaban J connectivity index is 1.53. The standard InChI is InChI=1S/C20H31N3O3S/c1-27(25,26)23-13-7-10-18(16-23)20(24)21-14-19-11-5-6-12-22(19)15-17-8-3-2-4-9-17/h2-4,8-9,18-19H,5-7,10-16H2,1H3,(H,21,24). The van der Waals surface area contributed by atoms with Crippen LogP contribution >= 0.6 is 0 Å². The van der Waals surface area contributed by atoms with Crippen molar-refractivity contribution in [1.82, 2.24) is 14.5 Å². The first-order valence-electron chi connectivity index (χ1n) is 9.94. The van der Waals surface area contributed by atoms with Crippen LogP contribution < -0.4 is 5.32 Å². The number of rotatable bonds is 6. The summed E-state index contributed by atoms with van der Waals surface area (Å²) in [6.45, 7) is 3.44. The van der Waals surface area contributed by atoms with Gasteiger partial charge in [-0.25, -0.2) is 12.7 Å². The van der Waals surface area contributed by atoms with Gasteiger partial charge in [0.1, 0.15) is 0 Å². The summed E-state index contributed by atoms with van der Waals surface area (Å²) in [5, 5.41) is 3.11. The van der Waals surface area contributed by atoms with Gasteiger partial charge in [0, 0.05) is 32.2 Å². The van der Waals surface area contributed by atoms with Crippen molar-refractivity contribution >= 4 is 15.9 Å². The monoisotopic (exact) mass is 393 g/mol. The number of hydrogen-bond acceptors (Lipinski definition) is 4. The molecule has 2 heterocycles. The maximum Gasteiger partial charge on any atom is 0.224 e. The van der Waals surface area contributed by atoms with Crippen LogP contribution in [0.25, 0.3) is 0 Å². The average molecular weight is 394 g/mol. The summed E-state index contributed by atoms with van der Waals surface area (Å²) >= 11 is 0. The van der Waals surface area contributed by atoms with E-state index in [1.54, 1.807) is 0 Å². The van der Waals surface area contributed by atoms with Crippen molar-refractivity contribution in [2.75, 3.05) is 32.4 Å². The number of nitrogens with one attached hydrogen (secondary N) is 1. The Labute approximate surface area is 163 Å². The lowest BCUT2D eigenvalue weighted by atomic mass is 9.97. The van der Waals surface area contributed by atoms with Gasteiger partial charge in [-0.2, -0.15) is 0 Å². The van der Waals surface area contributed by atoms with Crippen molar-refractivity contribution in [3.63, 3.8) is 0 Å². The predicted octanol–water partition coefficient (Wildman–Crippen LogP) is 1.83. The van der Waals surface area contributed by atoms with Gasteiger partial charge < -0.3 is 5.32 Å². The molecule has 2 aliphatic heterocycles. The third-order valence-corrected chi connectivity index (χ3v) is 6.98. The summed E-state index contributed by atoms with van der Waals surface area (Å²) < 4.78 is 25.0. The fourth-order valence-corrected chi connectivity index (χ4v) is 5.05. The smallest absolute Gasteiger partial charge is 0.224 e. The average Bonchev–Trinajstić information content (AvgIpc) is 2.67. The van der Waals surface area contributed by atoms with E-state index in [1.165, 1.54) is 29.0 Å². The molecule has 27 heavy (non-hydrogen) atoms. The Kier molecular flexibility index (Phi) is 6.89. The van der Waals surface area contributed by atoms with E-state index in [1.807, 2.05) is 6.07 Å². The summed E-state index contributed by atoms with van der Waals surface area (Å²) in [4.78, 5) is 15.1. The Morgan fingerprint density at radius 1 is 1.11 bits per heavy atom. The summed E-state index contributed by atoms with van der Waals surface area (Å²) in [5.74, 6) is -0.242. The van der Waals surface area contributed by atoms with E-state index in [2.05, 4.69) is 34.5 Å². The molecule has 2 atom stereocenters. The van der Waals surface area contributed by atoms with Gasteiger partial charge in [0.25, 0.3) is 0 Å². The minimum absolute atomic E-state index is 0.00594. The first-order chi connectivity index (χ1) is 12.9. The van der Waals surface area contributed by atoms with E-state index in [4.69, 9.17) is 0 Å². The fourth-order valence-electron chi connectivity index (χ4n) is 4.14. The largest absolute Gasteiger partial charge is 0.354 e. The molecule has 2 unspecified atom stereocenters. The number of carbonyl (C=O) groups excluding carboxylic acids is 1. The highest BCUT2D eigenvalue weighted by Crippen LogP contribution is 2.21. The van der Waals surface area contributed by atoms with Gasteiger partial charge in [-0.1, -0.05) is 36.8 Å². The molecule has 150 valence electrons. The minimum atomic E-state index is -3.23. The van der Waals surface area contributed by atoms with E-state index in [0.29, 0.717) is 25.7 Å². The number of hydrogen-bond donors (Lipinski definition) is 1. The van der Waals surface area contributed by atoms with Crippen molar-refractivity contribution in [1.29, 1.82) is 0 Å². The van der Waals surface area contributed by atoms with Crippen LogP contribution in [0.2, 0.25) is 0 Å². The van der Waals surface area contributed by atoms with Gasteiger partial charge in [0.2, 0.25) is 15.9 Å². The minimum Gasteiger partial charge on any atom is -0.354 e. The Morgan fingerprint density at radius 3 is 2.63 bits per heavy atom. The second kappa shape index (κ2) is 9.17. The van der Waals surface area contributed by atoms with Crippen LogP contribution in [0.1, 0.15) is 37.7 Å². The number of carbonyl (C=O) groups is 1. The first kappa shape index (κ1) is 20.3. The second-order valence-electron chi connectivity index (χ2n) is 7.81. The lowest BCUT2D eigenvalue weighted by Gasteiger charge is -2.36. The Morgan fingerprint density at radius 2 is 1.89 bits per heavy atom. The second-order valence-corrected chi connectivity index (χ2v) is 9.79. The molecule has 1 amide bonds. The van der Waals surface area contributed by atoms with Gasteiger partial charge in [-0.15, -0.1) is 0 Å². The number of nitrogens with zero attached hydrogens (tertiary/aromatic N) is 2. The zero-order valence-corrected chi connectivity index (χ0v) is 17.0. The predicted molar refractivity (Wildman–Crippen MR) is 107 cm³/mol. The zero-order chi connectivity index (χ0) is 19.3. The van der Waals surface area contributed by atoms with Gasteiger partial charge in [-0.05, 0) is 37.8 Å². The van der Waals surface area contributed by atoms with Crippen molar-refractivity contribution in [3.05, 3.63) is 35.9 Å². The van der Waals surface area contributed by atoms with Crippen LogP contribution in [0.4, 0.5) is 0 Å². The van der Waals surface area contributed by atoms with Crippen LogP contribution in [-0.2, 0) is 21.4 Å². The molecule has 2 aliphatic rings. The van der Waals surface area contributed by atoms with Crippen molar-refractivity contribution in [2.45, 2.75) is 44.7 Å². The molecule has 2 saturated heterocycles. The summed E-state index contributed by atoms with van der Waals surface area (Å²) in [6.07, 6.45) is 6.20. The number of sulfonamides is 1. The Bertz CT molecular complexity index is 723. The molecule has 6 nitrogen and oxygen atoms in total. The maximum absolute atomic E-state index is 12.6. The molecule has 7 heteroatoms. The highest BCUT2D eigenvalue weighted by atomic mass is 32.2. The third-order valence-electron chi connectivity index (χ3n) is 5.71. The fraction of sp³-hybridized carbons (Fsp3) is 0.650. The van der Waals surface area contributed by atoms with E-state index in [9.17, 15) is 13.2 Å². The molecule has 2 fully saturated rings. The number of likely N-dealkylation sites (tertiary alicyclic amines) is 1. The normalized spacial score (nSPS) is 25.2. The van der Waals surface area contributed by atoms with Crippen molar-refractivity contribution < 1.29 is 13.2 Å². The van der Waals surface area contributed by atoms with Gasteiger partial charge in [0.05, 0.1) is 12.2 Å². The molecule has 1 aromatic carbocycles. The molecular weight excluding hydrogens is 362 g/mol. The SMILES string of the molecule is CS(=O)(=O)N1CCCC(C(=O)NCC2CCCCN2Cc2ccccc2)C1. The van der Waals surface area contributed by atoms with Crippen LogP contribution in [0.5, 0.6) is 0 Å². The number of amides is 1. The first-order valence-corrected chi connectivity index (χ1v) is 11.8. The summed E-state index contributed by atoms with van der Waals surface area (Å²) in [5.41, 5.74) is 1.30. The van der Waals surface area contributed by atoms with E-state index >= 15 is 0 Å². The van der Waals surface area contributed by atoms with Gasteiger partial charge >= 0.3 is 0 Å². The lowest BCUT2D eigenvalue weighted by molar-refractivity contribution is -0.126. The number of benzene rings is 1. The van der Waals surface area contributed by atoms with Crippen molar-refractivity contribution in [3.8, 4) is 0 Å². The quantitative estimate of drug-likeness (QED) is 0.801. The zero-order valence-electron chi connectivity index (χ0n) is 16.1. The van der Waals surface area contributed by atoms with Crippen LogP contribution in [0.3, 0.4) is 0 Å². The Hall–Kier alpha value is -1.44. The van der Waals surface area contributed by atoms with E-state index in [-0.39, 0.29) is 11.8 Å². The molecule has 0 spiro atoms. The topological polar surface area (TPSA) is 69.7 Å². The highest BCUT2D eigenvalue weighted by Gasteiger charge is 2.31. The molecule has 0 radical (unpaired) electrons. The van der Waals surface area contributed by atoms with Crippen LogP contribution in [-0.4, -0.2) is 62.0 Å². The van der Waals surface area contributed by atoms with E-state index in [0.717, 1.165) is 32.4 Å². The molecular formula is C20H31N3O3S. The molecule has 0 bridgehead atoms. The van der Waals surface area contributed by atoms with Crippen LogP contribution in [0.15, 0.2) is 30.3 Å². The molecule has 3 rings (SSSR count). The molecule has 1 N–H and O–H groups in total. The van der Waals surface area contributed by atoms with Gasteiger partial charge in [0.15, 0.2) is 0 Å². The van der Waals surface area contributed by atoms with Crippen molar-refractivity contribution in [2.24, 2.45) is 5.92 Å². The molecule has 0 aromatic heterocycles.